The molecule has 0 unspecified atom stereocenters. The van der Waals surface area contributed by atoms with E-state index < -0.39 is 0 Å². The molecule has 29 heavy (non-hydrogen) atoms. The first kappa shape index (κ1) is 22.2. The van der Waals surface area contributed by atoms with Gasteiger partial charge in [0, 0.05) is 26.9 Å². The molecule has 3 aromatic rings. The van der Waals surface area contributed by atoms with Crippen molar-refractivity contribution in [3.63, 3.8) is 0 Å². The Bertz CT molecular complexity index is 1000. The molecule has 0 bridgehead atoms. The van der Waals surface area contributed by atoms with Crippen LogP contribution in [0.25, 0.3) is 11.4 Å². The van der Waals surface area contributed by atoms with E-state index in [1.165, 1.54) is 16.6 Å². The van der Waals surface area contributed by atoms with E-state index in [1.54, 1.807) is 29.5 Å². The molecule has 1 N–H and O–H groups in total. The lowest BCUT2D eigenvalue weighted by Gasteiger charge is -2.13. The van der Waals surface area contributed by atoms with Crippen molar-refractivity contribution in [1.29, 1.82) is 0 Å². The zero-order valence-electron chi connectivity index (χ0n) is 16.4. The second-order valence-electron chi connectivity index (χ2n) is 6.78. The summed E-state index contributed by atoms with van der Waals surface area (Å²) in [7, 11) is 0. The number of thiophene rings is 1. The van der Waals surface area contributed by atoms with Crippen molar-refractivity contribution in [2.24, 2.45) is 0 Å². The molecule has 154 valence electrons. The second kappa shape index (κ2) is 9.98. The summed E-state index contributed by atoms with van der Waals surface area (Å²) in [6.07, 6.45) is 2.18. The fourth-order valence-corrected chi connectivity index (χ4v) is 5.11. The number of aryl methyl sites for hydroxylation is 1. The number of thioether (sulfide) groups is 1. The number of amides is 1. The van der Waals surface area contributed by atoms with Crippen molar-refractivity contribution in [1.82, 2.24) is 14.8 Å². The maximum absolute atomic E-state index is 12.4. The number of aromatic nitrogens is 3. The zero-order chi connectivity index (χ0) is 21.0. The summed E-state index contributed by atoms with van der Waals surface area (Å²) >= 11 is 15.1. The molecule has 0 aliphatic carbocycles. The summed E-state index contributed by atoms with van der Waals surface area (Å²) in [5.74, 6) is 0.872. The van der Waals surface area contributed by atoms with E-state index in [2.05, 4.69) is 52.3 Å². The molecule has 5 nitrogen and oxygen atoms in total. The SMILES string of the molecule is CCCc1cc(-c2nnc(SCC(=O)Nc3ccc(Cl)cc3Cl)n2C(C)C)cs1. The van der Waals surface area contributed by atoms with Crippen LogP contribution in [0.1, 0.15) is 38.1 Å². The van der Waals surface area contributed by atoms with Gasteiger partial charge in [-0.1, -0.05) is 48.3 Å². The lowest BCUT2D eigenvalue weighted by Crippen LogP contribution is -2.15. The van der Waals surface area contributed by atoms with Gasteiger partial charge < -0.3 is 5.32 Å². The molecular weight excluding hydrogens is 447 g/mol. The highest BCUT2D eigenvalue weighted by molar-refractivity contribution is 7.99. The zero-order valence-corrected chi connectivity index (χ0v) is 19.6. The number of halogens is 2. The highest BCUT2D eigenvalue weighted by atomic mass is 35.5. The Labute approximate surface area is 188 Å². The normalized spacial score (nSPS) is 11.2. The fourth-order valence-electron chi connectivity index (χ4n) is 2.82. The smallest absolute Gasteiger partial charge is 0.234 e. The number of rotatable bonds is 8. The Balaban J connectivity index is 1.72. The maximum Gasteiger partial charge on any atom is 0.234 e. The topological polar surface area (TPSA) is 59.8 Å². The predicted molar refractivity (Wildman–Crippen MR) is 124 cm³/mol. The van der Waals surface area contributed by atoms with Gasteiger partial charge in [-0.2, -0.15) is 0 Å². The van der Waals surface area contributed by atoms with Gasteiger partial charge in [0.05, 0.1) is 16.5 Å². The van der Waals surface area contributed by atoms with E-state index in [4.69, 9.17) is 23.2 Å². The second-order valence-corrected chi connectivity index (χ2v) is 9.56. The van der Waals surface area contributed by atoms with E-state index in [9.17, 15) is 4.79 Å². The van der Waals surface area contributed by atoms with Crippen LogP contribution >= 0.6 is 46.3 Å². The Morgan fingerprint density at radius 1 is 1.28 bits per heavy atom. The van der Waals surface area contributed by atoms with Crippen molar-refractivity contribution in [2.45, 2.75) is 44.8 Å². The molecular formula is C20H22Cl2N4OS2. The van der Waals surface area contributed by atoms with Gasteiger partial charge >= 0.3 is 0 Å². The van der Waals surface area contributed by atoms with Crippen molar-refractivity contribution >= 4 is 57.9 Å². The van der Waals surface area contributed by atoms with Crippen LogP contribution in [0, 0.1) is 0 Å². The average Bonchev–Trinajstić information content (AvgIpc) is 3.29. The molecule has 2 heterocycles. The molecule has 0 fully saturated rings. The molecule has 1 amide bonds. The third kappa shape index (κ3) is 5.54. The Kier molecular flexibility index (Phi) is 7.62. The number of hydrogen-bond donors (Lipinski definition) is 1. The highest BCUT2D eigenvalue weighted by Gasteiger charge is 2.19. The number of carbonyl (C=O) groups is 1. The fraction of sp³-hybridized carbons (Fsp3) is 0.350. The minimum absolute atomic E-state index is 0.167. The van der Waals surface area contributed by atoms with Gasteiger partial charge in [0.2, 0.25) is 5.91 Å². The predicted octanol–water partition coefficient (Wildman–Crippen LogP) is 6.58. The lowest BCUT2D eigenvalue weighted by molar-refractivity contribution is -0.113. The van der Waals surface area contributed by atoms with Crippen molar-refractivity contribution in [3.05, 3.63) is 44.6 Å². The standard InChI is InChI=1S/C20H22Cl2N4OS2/c1-4-5-15-8-13(10-28-15)19-24-25-20(26(19)12(2)3)29-11-18(27)23-17-7-6-14(21)9-16(17)22/h6-10,12H,4-5,11H2,1-3H3,(H,23,27). The number of carbonyl (C=O) groups excluding carboxylic acids is 1. The maximum atomic E-state index is 12.4. The molecule has 0 spiro atoms. The Morgan fingerprint density at radius 3 is 2.76 bits per heavy atom. The number of hydrogen-bond acceptors (Lipinski definition) is 5. The van der Waals surface area contributed by atoms with Gasteiger partial charge in [0.15, 0.2) is 11.0 Å². The summed E-state index contributed by atoms with van der Waals surface area (Å²) in [4.78, 5) is 13.7. The average molecular weight is 469 g/mol. The molecule has 0 radical (unpaired) electrons. The van der Waals surface area contributed by atoms with Crippen LogP contribution in [0.15, 0.2) is 34.8 Å². The summed E-state index contributed by atoms with van der Waals surface area (Å²) < 4.78 is 2.07. The van der Waals surface area contributed by atoms with Gasteiger partial charge in [-0.05, 0) is 44.5 Å². The molecule has 0 atom stereocenters. The highest BCUT2D eigenvalue weighted by Crippen LogP contribution is 2.31. The third-order valence-electron chi connectivity index (χ3n) is 4.13. The van der Waals surface area contributed by atoms with E-state index in [1.807, 2.05) is 0 Å². The number of benzene rings is 1. The van der Waals surface area contributed by atoms with E-state index >= 15 is 0 Å². The van der Waals surface area contributed by atoms with E-state index in [-0.39, 0.29) is 17.7 Å². The number of nitrogens with one attached hydrogen (secondary N) is 1. The molecule has 2 aromatic heterocycles. The quantitative estimate of drug-likeness (QED) is 0.379. The molecule has 3 rings (SSSR count). The van der Waals surface area contributed by atoms with Gasteiger partial charge in [-0.25, -0.2) is 0 Å². The summed E-state index contributed by atoms with van der Waals surface area (Å²) in [5, 5.41) is 15.3. The summed E-state index contributed by atoms with van der Waals surface area (Å²) in [5.41, 5.74) is 1.61. The van der Waals surface area contributed by atoms with Gasteiger partial charge in [-0.3, -0.25) is 9.36 Å². The van der Waals surface area contributed by atoms with Crippen LogP contribution in [0.3, 0.4) is 0 Å². The van der Waals surface area contributed by atoms with E-state index in [0.29, 0.717) is 15.7 Å². The molecule has 0 saturated carbocycles. The largest absolute Gasteiger partial charge is 0.324 e. The van der Waals surface area contributed by atoms with Crippen molar-refractivity contribution < 1.29 is 4.79 Å². The van der Waals surface area contributed by atoms with Gasteiger partial charge in [0.25, 0.3) is 0 Å². The van der Waals surface area contributed by atoms with Crippen molar-refractivity contribution in [2.75, 3.05) is 11.1 Å². The minimum atomic E-state index is -0.167. The summed E-state index contributed by atoms with van der Waals surface area (Å²) in [6, 6.07) is 7.32. The first-order valence-electron chi connectivity index (χ1n) is 9.29. The molecule has 9 heteroatoms. The Morgan fingerprint density at radius 2 is 2.07 bits per heavy atom. The molecule has 0 aliphatic heterocycles. The van der Waals surface area contributed by atoms with Crippen LogP contribution in [0.4, 0.5) is 5.69 Å². The van der Waals surface area contributed by atoms with Crippen molar-refractivity contribution in [3.8, 4) is 11.4 Å². The van der Waals surface area contributed by atoms with E-state index in [0.717, 1.165) is 29.4 Å². The van der Waals surface area contributed by atoms with Crippen LogP contribution in [-0.2, 0) is 11.2 Å². The lowest BCUT2D eigenvalue weighted by atomic mass is 10.2. The van der Waals surface area contributed by atoms with Gasteiger partial charge in [0.1, 0.15) is 0 Å². The first-order valence-corrected chi connectivity index (χ1v) is 11.9. The molecule has 0 aliphatic rings. The monoisotopic (exact) mass is 468 g/mol. The van der Waals surface area contributed by atoms with Crippen LogP contribution in [0.2, 0.25) is 10.0 Å². The molecule has 0 saturated heterocycles. The van der Waals surface area contributed by atoms with Crippen LogP contribution in [-0.4, -0.2) is 26.4 Å². The van der Waals surface area contributed by atoms with Crippen LogP contribution in [0.5, 0.6) is 0 Å². The summed E-state index contributed by atoms with van der Waals surface area (Å²) in [6.45, 7) is 6.35. The van der Waals surface area contributed by atoms with Gasteiger partial charge in [-0.15, -0.1) is 21.5 Å². The number of nitrogens with zero attached hydrogens (tertiary/aromatic N) is 3. The first-order chi connectivity index (χ1) is 13.9. The minimum Gasteiger partial charge on any atom is -0.324 e. The van der Waals surface area contributed by atoms with Crippen LogP contribution < -0.4 is 5.32 Å². The molecule has 1 aromatic carbocycles. The Hall–Kier alpha value is -1.54. The number of anilines is 1. The third-order valence-corrected chi connectivity index (χ3v) is 6.61.